The molecule has 1 aromatic carbocycles. The maximum atomic E-state index is 12.6. The number of rotatable bonds is 8. The van der Waals surface area contributed by atoms with E-state index < -0.39 is 5.92 Å². The highest BCUT2D eigenvalue weighted by molar-refractivity contribution is 5.80. The molecule has 27 heavy (non-hydrogen) atoms. The Morgan fingerprint density at radius 2 is 1.89 bits per heavy atom. The Morgan fingerprint density at radius 1 is 1.22 bits per heavy atom. The Labute approximate surface area is 159 Å². The third-order valence-electron chi connectivity index (χ3n) is 6.02. The summed E-state index contributed by atoms with van der Waals surface area (Å²) in [5, 5.41) is 9.67. The largest absolute Gasteiger partial charge is 0.462 e. The van der Waals surface area contributed by atoms with Crippen molar-refractivity contribution in [3.8, 4) is 0 Å². The zero-order valence-electron chi connectivity index (χ0n) is 15.6. The Bertz CT molecular complexity index is 675. The van der Waals surface area contributed by atoms with Gasteiger partial charge in [0, 0.05) is 31.3 Å². The summed E-state index contributed by atoms with van der Waals surface area (Å²) in [4.78, 5) is 27.0. The molecule has 4 rings (SSSR count). The quantitative estimate of drug-likeness (QED) is 0.551. The summed E-state index contributed by atoms with van der Waals surface area (Å²) >= 11 is 0. The van der Waals surface area contributed by atoms with Crippen molar-refractivity contribution in [2.45, 2.75) is 68.9 Å². The molecular formula is C21H27NO5. The van der Waals surface area contributed by atoms with Crippen molar-refractivity contribution < 1.29 is 24.2 Å². The van der Waals surface area contributed by atoms with Crippen LogP contribution in [-0.4, -0.2) is 65.3 Å². The van der Waals surface area contributed by atoms with Gasteiger partial charge >= 0.3 is 5.97 Å². The Morgan fingerprint density at radius 3 is 2.48 bits per heavy atom. The first-order valence-corrected chi connectivity index (χ1v) is 9.91. The van der Waals surface area contributed by atoms with E-state index in [0.29, 0.717) is 25.8 Å². The fraction of sp³-hybridized carbons (Fsp3) is 0.619. The van der Waals surface area contributed by atoms with Crippen LogP contribution in [0.25, 0.3) is 0 Å². The predicted octanol–water partition coefficient (Wildman–Crippen LogP) is 1.66. The van der Waals surface area contributed by atoms with Crippen LogP contribution in [-0.2, 0) is 19.1 Å². The van der Waals surface area contributed by atoms with Crippen LogP contribution < -0.4 is 0 Å². The number of carbonyl (C=O) groups excluding carboxylic acids is 2. The van der Waals surface area contributed by atoms with Gasteiger partial charge in [0.15, 0.2) is 0 Å². The number of piperidine rings is 1. The van der Waals surface area contributed by atoms with Gasteiger partial charge in [-0.15, -0.1) is 0 Å². The summed E-state index contributed by atoms with van der Waals surface area (Å²) < 4.78 is 11.5. The van der Waals surface area contributed by atoms with Crippen molar-refractivity contribution in [2.24, 2.45) is 0 Å². The molecule has 3 aliphatic rings. The maximum Gasteiger partial charge on any atom is 0.316 e. The molecule has 5 atom stereocenters. The van der Waals surface area contributed by atoms with Crippen molar-refractivity contribution >= 4 is 11.8 Å². The number of aliphatic hydroxyl groups excluding tert-OH is 1. The molecule has 0 aromatic heterocycles. The SMILES string of the molecule is CCCC(=O)CN1C2CC(OC(=O)C(CO)c3ccccc3)CC1C1OC12. The number of benzene rings is 1. The summed E-state index contributed by atoms with van der Waals surface area (Å²) in [5.41, 5.74) is 0.766. The molecule has 0 amide bonds. The van der Waals surface area contributed by atoms with Crippen molar-refractivity contribution in [3.05, 3.63) is 35.9 Å². The molecule has 2 bridgehead atoms. The van der Waals surface area contributed by atoms with E-state index in [1.165, 1.54) is 0 Å². The van der Waals surface area contributed by atoms with Crippen molar-refractivity contribution in [2.75, 3.05) is 13.2 Å². The molecule has 146 valence electrons. The normalized spacial score (nSPS) is 32.6. The number of hydrogen-bond acceptors (Lipinski definition) is 6. The smallest absolute Gasteiger partial charge is 0.316 e. The summed E-state index contributed by atoms with van der Waals surface area (Å²) in [6.45, 7) is 2.22. The van der Waals surface area contributed by atoms with Gasteiger partial charge in [0.2, 0.25) is 0 Å². The third-order valence-corrected chi connectivity index (χ3v) is 6.02. The molecule has 0 aliphatic carbocycles. The van der Waals surface area contributed by atoms with E-state index in [1.807, 2.05) is 37.3 Å². The minimum Gasteiger partial charge on any atom is -0.462 e. The number of ether oxygens (including phenoxy) is 2. The Kier molecular flexibility index (Phi) is 5.30. The molecule has 3 saturated heterocycles. The lowest BCUT2D eigenvalue weighted by molar-refractivity contribution is -0.157. The predicted molar refractivity (Wildman–Crippen MR) is 98.2 cm³/mol. The lowest BCUT2D eigenvalue weighted by atomic mass is 9.96. The molecule has 6 nitrogen and oxygen atoms in total. The van der Waals surface area contributed by atoms with E-state index in [-0.39, 0.29) is 48.8 Å². The van der Waals surface area contributed by atoms with Gasteiger partial charge in [0.05, 0.1) is 13.2 Å². The van der Waals surface area contributed by atoms with Gasteiger partial charge in [-0.1, -0.05) is 37.3 Å². The lowest BCUT2D eigenvalue weighted by Gasteiger charge is -2.40. The molecule has 1 aromatic rings. The Balaban J connectivity index is 1.38. The van der Waals surface area contributed by atoms with Crippen LogP contribution >= 0.6 is 0 Å². The van der Waals surface area contributed by atoms with Crippen LogP contribution in [0.15, 0.2) is 30.3 Å². The first kappa shape index (κ1) is 18.6. The summed E-state index contributed by atoms with van der Waals surface area (Å²) in [7, 11) is 0. The highest BCUT2D eigenvalue weighted by Gasteiger charge is 2.64. The molecule has 3 fully saturated rings. The lowest BCUT2D eigenvalue weighted by Crippen LogP contribution is -2.52. The van der Waals surface area contributed by atoms with E-state index in [9.17, 15) is 14.7 Å². The number of aliphatic hydroxyl groups is 1. The van der Waals surface area contributed by atoms with Crippen molar-refractivity contribution in [1.29, 1.82) is 0 Å². The van der Waals surface area contributed by atoms with Crippen molar-refractivity contribution in [1.82, 2.24) is 4.90 Å². The zero-order chi connectivity index (χ0) is 19.0. The number of morpholine rings is 1. The summed E-state index contributed by atoms with van der Waals surface area (Å²) in [6.07, 6.45) is 3.03. The third kappa shape index (κ3) is 3.66. The fourth-order valence-electron chi connectivity index (χ4n) is 4.69. The molecule has 3 aliphatic heterocycles. The van der Waals surface area contributed by atoms with Gasteiger partial charge in [-0.3, -0.25) is 14.5 Å². The van der Waals surface area contributed by atoms with E-state index in [4.69, 9.17) is 9.47 Å². The molecule has 0 saturated carbocycles. The number of nitrogens with zero attached hydrogens (tertiary/aromatic N) is 1. The number of carbonyl (C=O) groups is 2. The van der Waals surface area contributed by atoms with Gasteiger partial charge in [-0.25, -0.2) is 0 Å². The second-order valence-corrected chi connectivity index (χ2v) is 7.84. The van der Waals surface area contributed by atoms with Crippen LogP contribution in [0, 0.1) is 0 Å². The second kappa shape index (κ2) is 7.70. The summed E-state index contributed by atoms with van der Waals surface area (Å²) in [5.74, 6) is -0.759. The van der Waals surface area contributed by atoms with Gasteiger partial charge in [0.25, 0.3) is 0 Å². The molecule has 0 spiro atoms. The van der Waals surface area contributed by atoms with Gasteiger partial charge in [0.1, 0.15) is 30.0 Å². The molecule has 0 radical (unpaired) electrons. The molecule has 3 heterocycles. The van der Waals surface area contributed by atoms with Crippen LogP contribution in [0.3, 0.4) is 0 Å². The standard InChI is InChI=1S/C21H27NO5/c1-2-6-14(24)11-22-17-9-15(10-18(22)20-19(17)27-20)26-21(25)16(12-23)13-7-4-3-5-8-13/h3-5,7-8,15-20,23H,2,6,9-12H2,1H3. The number of hydrogen-bond donors (Lipinski definition) is 1. The average molecular weight is 373 g/mol. The molecule has 6 heteroatoms. The van der Waals surface area contributed by atoms with Gasteiger partial charge in [-0.2, -0.15) is 0 Å². The fourth-order valence-corrected chi connectivity index (χ4v) is 4.69. The first-order valence-electron chi connectivity index (χ1n) is 9.91. The Hall–Kier alpha value is -1.76. The topological polar surface area (TPSA) is 79.4 Å². The van der Waals surface area contributed by atoms with Gasteiger partial charge < -0.3 is 14.6 Å². The second-order valence-electron chi connectivity index (χ2n) is 7.84. The highest BCUT2D eigenvalue weighted by atomic mass is 16.6. The number of epoxide rings is 1. The minimum absolute atomic E-state index is 0.150. The number of Topliss-reactive ketones (excluding diaryl/α,β-unsaturated/α-hetero) is 1. The minimum atomic E-state index is -0.654. The highest BCUT2D eigenvalue weighted by Crippen LogP contribution is 2.48. The summed E-state index contributed by atoms with van der Waals surface area (Å²) in [6, 6.07) is 9.54. The van der Waals surface area contributed by atoms with E-state index in [0.717, 1.165) is 12.0 Å². The molecular weight excluding hydrogens is 346 g/mol. The number of ketones is 1. The number of fused-ring (bicyclic) bond motifs is 5. The van der Waals surface area contributed by atoms with E-state index in [2.05, 4.69) is 4.90 Å². The van der Waals surface area contributed by atoms with Crippen LogP contribution in [0.4, 0.5) is 0 Å². The van der Waals surface area contributed by atoms with Crippen LogP contribution in [0.2, 0.25) is 0 Å². The monoisotopic (exact) mass is 373 g/mol. The average Bonchev–Trinajstić information content (AvgIpc) is 3.41. The van der Waals surface area contributed by atoms with Gasteiger partial charge in [-0.05, 0) is 12.0 Å². The molecule has 5 unspecified atom stereocenters. The number of esters is 1. The first-order chi connectivity index (χ1) is 13.1. The van der Waals surface area contributed by atoms with E-state index in [1.54, 1.807) is 0 Å². The maximum absolute atomic E-state index is 12.6. The van der Waals surface area contributed by atoms with Crippen LogP contribution in [0.5, 0.6) is 0 Å². The molecule has 1 N–H and O–H groups in total. The van der Waals surface area contributed by atoms with Crippen molar-refractivity contribution in [3.63, 3.8) is 0 Å². The van der Waals surface area contributed by atoms with Crippen LogP contribution in [0.1, 0.15) is 44.1 Å². The zero-order valence-corrected chi connectivity index (χ0v) is 15.6. The van der Waals surface area contributed by atoms with E-state index >= 15 is 0 Å².